The Kier molecular flexibility index (Phi) is 8.05. The van der Waals surface area contributed by atoms with Gasteiger partial charge in [-0.05, 0) is 23.3 Å². The van der Waals surface area contributed by atoms with Crippen LogP contribution < -0.4 is 16.4 Å². The monoisotopic (exact) mass is 466 g/mol. The van der Waals surface area contributed by atoms with E-state index in [4.69, 9.17) is 15.9 Å². The summed E-state index contributed by atoms with van der Waals surface area (Å²) in [5, 5.41) is 12.4. The first-order valence-corrected chi connectivity index (χ1v) is 10.4. The summed E-state index contributed by atoms with van der Waals surface area (Å²) in [5.41, 5.74) is 6.50. The average molecular weight is 466 g/mol. The van der Waals surface area contributed by atoms with Crippen LogP contribution in [0.1, 0.15) is 28.4 Å². The summed E-state index contributed by atoms with van der Waals surface area (Å²) in [6.07, 6.45) is -1.58. The van der Waals surface area contributed by atoms with E-state index in [-0.39, 0.29) is 24.5 Å². The van der Waals surface area contributed by atoms with E-state index < -0.39 is 35.1 Å². The molecule has 0 heterocycles. The van der Waals surface area contributed by atoms with Gasteiger partial charge in [0.15, 0.2) is 11.9 Å². The molecule has 0 radical (unpaired) electrons. The lowest BCUT2D eigenvalue weighted by Crippen LogP contribution is -2.31. The van der Waals surface area contributed by atoms with Gasteiger partial charge in [-0.2, -0.15) is 0 Å². The minimum Gasteiger partial charge on any atom is -0.384 e. The van der Waals surface area contributed by atoms with Crippen molar-refractivity contribution in [1.29, 1.82) is 5.41 Å². The number of rotatable bonds is 9. The molecule has 1 unspecified atom stereocenters. The number of hydrogen-bond donors (Lipinski definition) is 4. The van der Waals surface area contributed by atoms with Crippen LogP contribution in [0.2, 0.25) is 0 Å². The number of anilines is 1. The molecule has 0 aliphatic carbocycles. The van der Waals surface area contributed by atoms with Gasteiger partial charge in [-0.25, -0.2) is 8.78 Å². The normalized spacial score (nSPS) is 11.5. The van der Waals surface area contributed by atoms with Crippen LogP contribution in [-0.4, -0.2) is 24.8 Å². The highest BCUT2D eigenvalue weighted by Gasteiger charge is 2.29. The third-order valence-electron chi connectivity index (χ3n) is 5.08. The van der Waals surface area contributed by atoms with E-state index in [9.17, 15) is 14.0 Å². The zero-order chi connectivity index (χ0) is 24.7. The van der Waals surface area contributed by atoms with Gasteiger partial charge >= 0.3 is 0 Å². The Morgan fingerprint density at radius 3 is 2.29 bits per heavy atom. The molecule has 2 amide bonds. The maximum absolute atomic E-state index is 15.2. The predicted molar refractivity (Wildman–Crippen MR) is 124 cm³/mol. The second-order valence-corrected chi connectivity index (χ2v) is 7.48. The largest absolute Gasteiger partial charge is 0.384 e. The topological polar surface area (TPSA) is 117 Å². The van der Waals surface area contributed by atoms with Gasteiger partial charge in [-0.1, -0.05) is 54.6 Å². The number of ether oxygens (including phenoxy) is 1. The Bertz CT molecular complexity index is 1180. The third-order valence-corrected chi connectivity index (χ3v) is 5.08. The van der Waals surface area contributed by atoms with Crippen molar-refractivity contribution in [2.24, 2.45) is 5.73 Å². The SMILES string of the molecule is COC(C(=O)NCc1ccc(C(=N)N)cc1)c1c(F)ccc(NC(=O)Cc2ccccc2)c1F. The van der Waals surface area contributed by atoms with Crippen LogP contribution in [0.3, 0.4) is 0 Å². The maximum atomic E-state index is 15.2. The van der Waals surface area contributed by atoms with E-state index in [1.165, 1.54) is 0 Å². The van der Waals surface area contributed by atoms with Crippen LogP contribution in [0.25, 0.3) is 0 Å². The van der Waals surface area contributed by atoms with Crippen molar-refractivity contribution in [2.45, 2.75) is 19.1 Å². The number of carbonyl (C=O) groups excluding carboxylic acids is 2. The molecule has 0 aromatic heterocycles. The molecule has 7 nitrogen and oxygen atoms in total. The number of methoxy groups -OCH3 is 1. The molecule has 34 heavy (non-hydrogen) atoms. The molecule has 0 fully saturated rings. The molecule has 0 aliphatic heterocycles. The van der Waals surface area contributed by atoms with Crippen LogP contribution >= 0.6 is 0 Å². The van der Waals surface area contributed by atoms with Crippen LogP contribution in [0.4, 0.5) is 14.5 Å². The molecule has 3 aromatic rings. The Balaban J connectivity index is 1.73. The summed E-state index contributed by atoms with van der Waals surface area (Å²) in [4.78, 5) is 25.0. The lowest BCUT2D eigenvalue weighted by Gasteiger charge is -2.19. The fourth-order valence-electron chi connectivity index (χ4n) is 3.32. The Morgan fingerprint density at radius 2 is 1.68 bits per heavy atom. The number of carbonyl (C=O) groups is 2. The molecule has 0 saturated carbocycles. The second-order valence-electron chi connectivity index (χ2n) is 7.48. The first-order chi connectivity index (χ1) is 16.3. The smallest absolute Gasteiger partial charge is 0.254 e. The summed E-state index contributed by atoms with van der Waals surface area (Å²) in [6, 6.07) is 17.5. The van der Waals surface area contributed by atoms with Gasteiger partial charge in [-0.3, -0.25) is 15.0 Å². The average Bonchev–Trinajstić information content (AvgIpc) is 2.83. The van der Waals surface area contributed by atoms with Gasteiger partial charge in [0.1, 0.15) is 11.7 Å². The zero-order valence-electron chi connectivity index (χ0n) is 18.4. The Labute approximate surface area is 195 Å². The Hall–Kier alpha value is -4.11. The van der Waals surface area contributed by atoms with Gasteiger partial charge in [0.05, 0.1) is 17.7 Å². The summed E-state index contributed by atoms with van der Waals surface area (Å²) in [6.45, 7) is 0.0631. The standard InChI is InChI=1S/C25H24F2N4O3/c1-34-23(25(33)30-14-16-7-9-17(10-8-16)24(28)29)21-18(26)11-12-19(22(21)27)31-20(32)13-15-5-3-2-4-6-15/h2-12,23H,13-14H2,1H3,(H3,28,29)(H,30,33)(H,31,32). The molecule has 0 bridgehead atoms. The van der Waals surface area contributed by atoms with Gasteiger partial charge in [-0.15, -0.1) is 0 Å². The fourth-order valence-corrected chi connectivity index (χ4v) is 3.32. The molecule has 0 spiro atoms. The zero-order valence-corrected chi connectivity index (χ0v) is 18.4. The van der Waals surface area contributed by atoms with Crippen molar-refractivity contribution in [3.63, 3.8) is 0 Å². The van der Waals surface area contributed by atoms with Gasteiger partial charge in [0, 0.05) is 19.2 Å². The quantitative estimate of drug-likeness (QED) is 0.285. The van der Waals surface area contributed by atoms with Gasteiger partial charge in [0.2, 0.25) is 5.91 Å². The van der Waals surface area contributed by atoms with E-state index in [1.54, 1.807) is 48.5 Å². The lowest BCUT2D eigenvalue weighted by molar-refractivity contribution is -0.131. The van der Waals surface area contributed by atoms with E-state index in [1.807, 2.05) is 6.07 Å². The van der Waals surface area contributed by atoms with Crippen molar-refractivity contribution < 1.29 is 23.1 Å². The van der Waals surface area contributed by atoms with E-state index in [0.29, 0.717) is 11.1 Å². The van der Waals surface area contributed by atoms with Crippen molar-refractivity contribution in [1.82, 2.24) is 5.32 Å². The molecular weight excluding hydrogens is 442 g/mol. The first-order valence-electron chi connectivity index (χ1n) is 10.4. The van der Waals surface area contributed by atoms with Gasteiger partial charge < -0.3 is 21.1 Å². The molecule has 176 valence electrons. The maximum Gasteiger partial charge on any atom is 0.254 e. The van der Waals surface area contributed by atoms with Crippen LogP contribution in [0.5, 0.6) is 0 Å². The number of nitrogens with one attached hydrogen (secondary N) is 3. The van der Waals surface area contributed by atoms with Crippen LogP contribution in [0, 0.1) is 17.0 Å². The van der Waals surface area contributed by atoms with Crippen molar-refractivity contribution >= 4 is 23.3 Å². The third kappa shape index (κ3) is 6.02. The van der Waals surface area contributed by atoms with Crippen molar-refractivity contribution in [3.05, 3.63) is 101 Å². The predicted octanol–water partition coefficient (Wildman–Crippen LogP) is 3.43. The summed E-state index contributed by atoms with van der Waals surface area (Å²) in [7, 11) is 1.16. The molecule has 0 saturated heterocycles. The highest BCUT2D eigenvalue weighted by molar-refractivity contribution is 5.95. The summed E-state index contributed by atoms with van der Waals surface area (Å²) >= 11 is 0. The van der Waals surface area contributed by atoms with E-state index in [0.717, 1.165) is 24.8 Å². The minimum absolute atomic E-state index is 0.00357. The highest BCUT2D eigenvalue weighted by Crippen LogP contribution is 2.29. The number of nitrogens with two attached hydrogens (primary N) is 1. The molecule has 9 heteroatoms. The number of amides is 2. The molecular formula is C25H24F2N4O3. The number of amidine groups is 1. The molecule has 5 N–H and O–H groups in total. The molecule has 3 aromatic carbocycles. The number of nitrogen functional groups attached to an aromatic ring is 1. The lowest BCUT2D eigenvalue weighted by atomic mass is 10.0. The van der Waals surface area contributed by atoms with E-state index >= 15 is 4.39 Å². The number of halogens is 2. The fraction of sp³-hybridized carbons (Fsp3) is 0.160. The number of benzene rings is 3. The first kappa shape index (κ1) is 24.5. The van der Waals surface area contributed by atoms with Gasteiger partial charge in [0.25, 0.3) is 5.91 Å². The molecule has 1 atom stereocenters. The van der Waals surface area contributed by atoms with Crippen molar-refractivity contribution in [3.8, 4) is 0 Å². The highest BCUT2D eigenvalue weighted by atomic mass is 19.1. The van der Waals surface area contributed by atoms with Crippen LogP contribution in [-0.2, 0) is 27.3 Å². The molecule has 0 aliphatic rings. The second kappa shape index (κ2) is 11.2. The van der Waals surface area contributed by atoms with E-state index in [2.05, 4.69) is 10.6 Å². The Morgan fingerprint density at radius 1 is 1.00 bits per heavy atom. The number of hydrogen-bond acceptors (Lipinski definition) is 4. The summed E-state index contributed by atoms with van der Waals surface area (Å²) < 4.78 is 34.8. The van der Waals surface area contributed by atoms with Crippen LogP contribution in [0.15, 0.2) is 66.7 Å². The summed E-state index contributed by atoms with van der Waals surface area (Å²) in [5.74, 6) is -3.41. The van der Waals surface area contributed by atoms with Crippen molar-refractivity contribution in [2.75, 3.05) is 12.4 Å². The molecule has 3 rings (SSSR count). The minimum atomic E-state index is -1.58.